The molecule has 0 unspecified atom stereocenters. The van der Waals surface area contributed by atoms with E-state index in [1.807, 2.05) is 0 Å². The Hall–Kier alpha value is -3.66. The number of methoxy groups -OCH3 is 1. The summed E-state index contributed by atoms with van der Waals surface area (Å²) in [7, 11) is 1.24. The predicted octanol–water partition coefficient (Wildman–Crippen LogP) is 2.79. The van der Waals surface area contributed by atoms with Crippen LogP contribution in [0.4, 0.5) is 10.1 Å². The molecule has 0 atom stereocenters. The number of hydrogen-bond donors (Lipinski definition) is 2. The van der Waals surface area contributed by atoms with Gasteiger partial charge in [0.25, 0.3) is 5.91 Å². The summed E-state index contributed by atoms with van der Waals surface area (Å²) in [5, 5.41) is 14.5. The van der Waals surface area contributed by atoms with Crippen LogP contribution in [-0.4, -0.2) is 25.5 Å². The zero-order valence-electron chi connectivity index (χ0n) is 14.7. The van der Waals surface area contributed by atoms with Gasteiger partial charge in [-0.1, -0.05) is 30.3 Å². The highest BCUT2D eigenvalue weighted by Crippen LogP contribution is 2.16. The molecule has 0 saturated carbocycles. The zero-order chi connectivity index (χ0) is 19.6. The van der Waals surface area contributed by atoms with Crippen molar-refractivity contribution < 1.29 is 18.7 Å². The van der Waals surface area contributed by atoms with Crippen LogP contribution < -0.4 is 10.6 Å². The molecule has 0 aliphatic heterocycles. The molecule has 0 bridgehead atoms. The van der Waals surface area contributed by atoms with Crippen molar-refractivity contribution >= 4 is 17.6 Å². The lowest BCUT2D eigenvalue weighted by atomic mass is 10.1. The summed E-state index contributed by atoms with van der Waals surface area (Å²) in [5.41, 5.74) is 0.775. The van der Waals surface area contributed by atoms with E-state index in [4.69, 9.17) is 0 Å². The fourth-order valence-corrected chi connectivity index (χ4v) is 2.30. The van der Waals surface area contributed by atoms with Crippen molar-refractivity contribution in [3.05, 3.63) is 77.2 Å². The van der Waals surface area contributed by atoms with Crippen molar-refractivity contribution in [2.24, 2.45) is 0 Å². The topological polar surface area (TPSA) is 91.2 Å². The third-order valence-corrected chi connectivity index (χ3v) is 3.69. The number of carbonyl (C=O) groups excluding carboxylic acids is 2. The molecule has 1 amide bonds. The summed E-state index contributed by atoms with van der Waals surface area (Å²) in [5.74, 6) is -1.58. The Morgan fingerprint density at radius 3 is 2.59 bits per heavy atom. The molecule has 0 heterocycles. The van der Waals surface area contributed by atoms with Gasteiger partial charge in [0, 0.05) is 12.7 Å². The van der Waals surface area contributed by atoms with Crippen molar-refractivity contribution in [1.29, 1.82) is 5.26 Å². The second-order valence-electron chi connectivity index (χ2n) is 5.46. The fourth-order valence-electron chi connectivity index (χ4n) is 2.30. The van der Waals surface area contributed by atoms with E-state index in [1.54, 1.807) is 36.4 Å². The molecule has 6 nitrogen and oxygen atoms in total. The first kappa shape index (κ1) is 19.7. The number of nitriles is 1. The minimum atomic E-state index is -0.674. The number of ether oxygens (including phenoxy) is 1. The molecule has 0 aromatic heterocycles. The monoisotopic (exact) mass is 367 g/mol. The minimum absolute atomic E-state index is 0.178. The predicted molar refractivity (Wildman–Crippen MR) is 98.2 cm³/mol. The number of rotatable bonds is 7. The highest BCUT2D eigenvalue weighted by atomic mass is 19.1. The first-order valence-electron chi connectivity index (χ1n) is 8.12. The molecule has 2 aromatic carbocycles. The van der Waals surface area contributed by atoms with Crippen molar-refractivity contribution in [2.45, 2.75) is 6.42 Å². The quantitative estimate of drug-likeness (QED) is 0.340. The Morgan fingerprint density at radius 1 is 1.19 bits per heavy atom. The summed E-state index contributed by atoms with van der Waals surface area (Å²) < 4.78 is 18.2. The van der Waals surface area contributed by atoms with Gasteiger partial charge in [0.1, 0.15) is 17.5 Å². The Kier molecular flexibility index (Phi) is 7.08. The van der Waals surface area contributed by atoms with Gasteiger partial charge in [-0.25, -0.2) is 9.18 Å². The molecule has 2 aromatic rings. The zero-order valence-corrected chi connectivity index (χ0v) is 14.7. The van der Waals surface area contributed by atoms with Gasteiger partial charge in [-0.05, 0) is 30.2 Å². The van der Waals surface area contributed by atoms with Crippen LogP contribution in [0.1, 0.15) is 15.9 Å². The van der Waals surface area contributed by atoms with Gasteiger partial charge in [-0.15, -0.1) is 0 Å². The van der Waals surface area contributed by atoms with Crippen LogP contribution in [0, 0.1) is 17.1 Å². The number of hydrogen-bond acceptors (Lipinski definition) is 5. The molecule has 0 saturated heterocycles. The van der Waals surface area contributed by atoms with Crippen LogP contribution in [0.2, 0.25) is 0 Å². The van der Waals surface area contributed by atoms with Gasteiger partial charge in [0.15, 0.2) is 0 Å². The van der Waals surface area contributed by atoms with E-state index < -0.39 is 11.9 Å². The second-order valence-corrected chi connectivity index (χ2v) is 5.46. The maximum Gasteiger partial charge on any atom is 0.339 e. The van der Waals surface area contributed by atoms with E-state index in [0.717, 1.165) is 0 Å². The number of anilines is 1. The van der Waals surface area contributed by atoms with E-state index in [0.29, 0.717) is 18.5 Å². The number of nitrogens with one attached hydrogen (secondary N) is 2. The number of benzene rings is 2. The van der Waals surface area contributed by atoms with Crippen molar-refractivity contribution in [2.75, 3.05) is 19.0 Å². The van der Waals surface area contributed by atoms with E-state index in [1.165, 1.54) is 31.5 Å². The van der Waals surface area contributed by atoms with Crippen LogP contribution >= 0.6 is 0 Å². The molecule has 0 aliphatic rings. The molecule has 0 radical (unpaired) electrons. The van der Waals surface area contributed by atoms with Gasteiger partial charge in [-0.2, -0.15) is 5.26 Å². The highest BCUT2D eigenvalue weighted by Gasteiger charge is 2.15. The normalized spacial score (nSPS) is 10.6. The smallest absolute Gasteiger partial charge is 0.339 e. The number of nitrogens with zero attached hydrogens (tertiary/aromatic N) is 1. The van der Waals surface area contributed by atoms with Gasteiger partial charge in [0.05, 0.1) is 18.4 Å². The molecule has 0 spiro atoms. The van der Waals surface area contributed by atoms with Crippen molar-refractivity contribution in [1.82, 2.24) is 5.32 Å². The number of esters is 1. The summed E-state index contributed by atoms with van der Waals surface area (Å²) in [4.78, 5) is 24.0. The molecular weight excluding hydrogens is 349 g/mol. The third kappa shape index (κ3) is 5.41. The Labute approximate surface area is 156 Å². The van der Waals surface area contributed by atoms with Crippen LogP contribution in [0.3, 0.4) is 0 Å². The second kappa shape index (κ2) is 9.73. The number of amides is 1. The van der Waals surface area contributed by atoms with Crippen LogP contribution in [-0.2, 0) is 16.0 Å². The lowest BCUT2D eigenvalue weighted by Crippen LogP contribution is -2.19. The molecule has 2 N–H and O–H groups in total. The van der Waals surface area contributed by atoms with E-state index in [2.05, 4.69) is 15.4 Å². The average molecular weight is 367 g/mol. The number of carbonyl (C=O) groups is 2. The summed E-state index contributed by atoms with van der Waals surface area (Å²) in [6, 6.07) is 14.5. The Balaban J connectivity index is 2.00. The van der Waals surface area contributed by atoms with Gasteiger partial charge < -0.3 is 15.4 Å². The largest absolute Gasteiger partial charge is 0.465 e. The fraction of sp³-hybridized carbons (Fsp3) is 0.150. The average Bonchev–Trinajstić information content (AvgIpc) is 2.69. The number of para-hydroxylation sites is 1. The molecule has 138 valence electrons. The molecular formula is C20H18FN3O3. The molecule has 7 heteroatoms. The lowest BCUT2D eigenvalue weighted by molar-refractivity contribution is -0.112. The lowest BCUT2D eigenvalue weighted by Gasteiger charge is -2.09. The third-order valence-electron chi connectivity index (χ3n) is 3.69. The van der Waals surface area contributed by atoms with Crippen molar-refractivity contribution in [3.63, 3.8) is 0 Å². The molecule has 27 heavy (non-hydrogen) atoms. The summed E-state index contributed by atoms with van der Waals surface area (Å²) >= 11 is 0. The summed E-state index contributed by atoms with van der Waals surface area (Å²) in [6.45, 7) is 0.345. The number of halogens is 1. The maximum absolute atomic E-state index is 13.5. The molecule has 0 aliphatic carbocycles. The van der Waals surface area contributed by atoms with E-state index in [9.17, 15) is 19.2 Å². The Bertz CT molecular complexity index is 903. The van der Waals surface area contributed by atoms with E-state index in [-0.39, 0.29) is 22.6 Å². The maximum atomic E-state index is 13.5. The Morgan fingerprint density at radius 2 is 1.89 bits per heavy atom. The van der Waals surface area contributed by atoms with Crippen LogP contribution in [0.25, 0.3) is 0 Å². The molecule has 2 rings (SSSR count). The summed E-state index contributed by atoms with van der Waals surface area (Å²) in [6.07, 6.45) is 1.66. The van der Waals surface area contributed by atoms with Crippen LogP contribution in [0.5, 0.6) is 0 Å². The van der Waals surface area contributed by atoms with Gasteiger partial charge >= 0.3 is 5.97 Å². The molecule has 0 fully saturated rings. The SMILES string of the molecule is COC(=O)c1ccccc1NC(=O)/C(C#N)=C\NCCc1ccccc1F. The first-order chi connectivity index (χ1) is 13.1. The van der Waals surface area contributed by atoms with Gasteiger partial charge in [-0.3, -0.25) is 4.79 Å². The van der Waals surface area contributed by atoms with Gasteiger partial charge in [0.2, 0.25) is 0 Å². The minimum Gasteiger partial charge on any atom is -0.465 e. The standard InChI is InChI=1S/C20H18FN3O3/c1-27-20(26)16-7-3-5-9-18(16)24-19(25)15(12-22)13-23-11-10-14-6-2-4-8-17(14)21/h2-9,13,23H,10-11H2,1H3,(H,24,25)/b15-13-. The van der Waals surface area contributed by atoms with E-state index >= 15 is 0 Å². The highest BCUT2D eigenvalue weighted by molar-refractivity contribution is 6.09. The van der Waals surface area contributed by atoms with Crippen molar-refractivity contribution in [3.8, 4) is 6.07 Å². The first-order valence-corrected chi connectivity index (χ1v) is 8.12. The van der Waals surface area contributed by atoms with Crippen LogP contribution in [0.15, 0.2) is 60.3 Å².